The minimum atomic E-state index is -0.554. The van der Waals surface area contributed by atoms with Gasteiger partial charge in [-0.3, -0.25) is 19.5 Å². The molecule has 1 saturated carbocycles. The lowest BCUT2D eigenvalue weighted by atomic mass is 9.84. The third kappa shape index (κ3) is 4.44. The summed E-state index contributed by atoms with van der Waals surface area (Å²) in [7, 11) is 3.30. The Morgan fingerprint density at radius 1 is 1.12 bits per heavy atom. The molecule has 0 bridgehead atoms. The number of likely N-dealkylation sites (N-methyl/N-ethyl adjacent to an activating group) is 1. The zero-order chi connectivity index (χ0) is 22.8. The summed E-state index contributed by atoms with van der Waals surface area (Å²) in [6.45, 7) is 0. The molecule has 2 aromatic heterocycles. The lowest BCUT2D eigenvalue weighted by molar-refractivity contribution is -0.128. The summed E-state index contributed by atoms with van der Waals surface area (Å²) in [6, 6.07) is 9.71. The van der Waals surface area contributed by atoms with Crippen molar-refractivity contribution in [1.82, 2.24) is 19.5 Å². The number of rotatable bonds is 6. The van der Waals surface area contributed by atoms with E-state index in [0.717, 1.165) is 5.56 Å². The van der Waals surface area contributed by atoms with Gasteiger partial charge in [-0.2, -0.15) is 0 Å². The number of H-pyrrole nitrogens is 1. The van der Waals surface area contributed by atoms with Crippen LogP contribution in [0, 0.1) is 0 Å². The third-order valence-electron chi connectivity index (χ3n) is 6.26. The second-order valence-corrected chi connectivity index (χ2v) is 8.77. The van der Waals surface area contributed by atoms with E-state index in [2.05, 4.69) is 22.2 Å². The SMILES string of the molecule is CN(C)C(=O)Cc1[nH]n2c(=O)cc(-c3ccc(C4CCCCC4)cc3)nc2c1CC(N)=O. The number of fused-ring (bicyclic) bond motifs is 1. The number of carbonyl (C=O) groups is 2. The monoisotopic (exact) mass is 435 g/mol. The fraction of sp³-hybridized carbons (Fsp3) is 0.417. The molecule has 1 fully saturated rings. The number of primary amides is 1. The Balaban J connectivity index is 1.74. The molecule has 3 aromatic rings. The van der Waals surface area contributed by atoms with E-state index in [4.69, 9.17) is 5.73 Å². The first-order chi connectivity index (χ1) is 15.3. The molecule has 2 amide bonds. The van der Waals surface area contributed by atoms with Gasteiger partial charge < -0.3 is 10.6 Å². The van der Waals surface area contributed by atoms with Crippen molar-refractivity contribution >= 4 is 17.5 Å². The smallest absolute Gasteiger partial charge is 0.273 e. The van der Waals surface area contributed by atoms with Gasteiger partial charge in [-0.05, 0) is 24.3 Å². The molecular weight excluding hydrogens is 406 g/mol. The van der Waals surface area contributed by atoms with Gasteiger partial charge in [0.25, 0.3) is 5.56 Å². The van der Waals surface area contributed by atoms with Crippen LogP contribution in [0.1, 0.15) is 54.8 Å². The predicted octanol–water partition coefficient (Wildman–Crippen LogP) is 2.40. The maximum absolute atomic E-state index is 12.8. The normalized spacial score (nSPS) is 14.6. The number of hydrogen-bond acceptors (Lipinski definition) is 4. The van der Waals surface area contributed by atoms with E-state index in [-0.39, 0.29) is 24.3 Å². The van der Waals surface area contributed by atoms with Gasteiger partial charge in [0.15, 0.2) is 5.65 Å². The van der Waals surface area contributed by atoms with E-state index >= 15 is 0 Å². The van der Waals surface area contributed by atoms with Crippen molar-refractivity contribution in [2.75, 3.05) is 14.1 Å². The zero-order valence-electron chi connectivity index (χ0n) is 18.6. The van der Waals surface area contributed by atoms with Crippen LogP contribution in [0.3, 0.4) is 0 Å². The molecule has 4 rings (SSSR count). The summed E-state index contributed by atoms with van der Waals surface area (Å²) in [5.74, 6) is -0.113. The van der Waals surface area contributed by atoms with Crippen LogP contribution in [0.15, 0.2) is 35.1 Å². The molecule has 1 aliphatic carbocycles. The first kappa shape index (κ1) is 21.8. The highest BCUT2D eigenvalue weighted by molar-refractivity contribution is 5.82. The molecule has 168 valence electrons. The molecule has 0 unspecified atom stereocenters. The van der Waals surface area contributed by atoms with E-state index in [1.54, 1.807) is 14.1 Å². The summed E-state index contributed by atoms with van der Waals surface area (Å²) in [6.07, 6.45) is 6.21. The summed E-state index contributed by atoms with van der Waals surface area (Å²) in [4.78, 5) is 42.9. The van der Waals surface area contributed by atoms with Gasteiger partial charge in [-0.1, -0.05) is 43.5 Å². The molecule has 3 N–H and O–H groups in total. The summed E-state index contributed by atoms with van der Waals surface area (Å²) in [5.41, 5.74) is 9.09. The Morgan fingerprint density at radius 2 is 1.81 bits per heavy atom. The van der Waals surface area contributed by atoms with E-state index in [1.165, 1.54) is 53.1 Å². The van der Waals surface area contributed by atoms with Crippen LogP contribution >= 0.6 is 0 Å². The zero-order valence-corrected chi connectivity index (χ0v) is 18.6. The average molecular weight is 436 g/mol. The standard InChI is InChI=1S/C24H29N5O3/c1-28(2)22(31)14-20-18(12-21(25)30)24-26-19(13-23(32)29(24)27-20)17-10-8-16(9-11-17)15-6-4-3-5-7-15/h8-11,13,15,27H,3-7,12,14H2,1-2H3,(H2,25,30). The van der Waals surface area contributed by atoms with Crippen LogP contribution in [0.25, 0.3) is 16.9 Å². The van der Waals surface area contributed by atoms with Gasteiger partial charge in [0.05, 0.1) is 18.5 Å². The van der Waals surface area contributed by atoms with Crippen LogP contribution in [0.4, 0.5) is 0 Å². The van der Waals surface area contributed by atoms with Gasteiger partial charge in [-0.15, -0.1) is 0 Å². The average Bonchev–Trinajstić information content (AvgIpc) is 3.11. The highest BCUT2D eigenvalue weighted by Gasteiger charge is 2.21. The number of hydrogen-bond donors (Lipinski definition) is 2. The fourth-order valence-corrected chi connectivity index (χ4v) is 4.46. The molecule has 0 spiro atoms. The molecular formula is C24H29N5O3. The van der Waals surface area contributed by atoms with Crippen molar-refractivity contribution in [3.8, 4) is 11.3 Å². The molecule has 2 heterocycles. The molecule has 0 saturated heterocycles. The molecule has 1 aliphatic rings. The van der Waals surface area contributed by atoms with E-state index < -0.39 is 5.91 Å². The molecule has 8 nitrogen and oxygen atoms in total. The molecule has 8 heteroatoms. The van der Waals surface area contributed by atoms with Crippen LogP contribution in [-0.2, 0) is 22.4 Å². The number of benzene rings is 1. The Hall–Kier alpha value is -3.42. The number of nitrogens with one attached hydrogen (secondary N) is 1. The Morgan fingerprint density at radius 3 is 2.44 bits per heavy atom. The number of nitrogens with zero attached hydrogens (tertiary/aromatic N) is 3. The maximum atomic E-state index is 12.8. The fourth-order valence-electron chi connectivity index (χ4n) is 4.46. The second kappa shape index (κ2) is 8.98. The van der Waals surface area contributed by atoms with Crippen molar-refractivity contribution in [3.63, 3.8) is 0 Å². The lowest BCUT2D eigenvalue weighted by Crippen LogP contribution is -2.24. The van der Waals surface area contributed by atoms with Gasteiger partial charge in [0, 0.05) is 37.0 Å². The van der Waals surface area contributed by atoms with E-state index in [1.807, 2.05) is 12.1 Å². The summed E-state index contributed by atoms with van der Waals surface area (Å²) >= 11 is 0. The first-order valence-electron chi connectivity index (χ1n) is 11.1. The maximum Gasteiger partial charge on any atom is 0.273 e. The van der Waals surface area contributed by atoms with Gasteiger partial charge >= 0.3 is 0 Å². The minimum Gasteiger partial charge on any atom is -0.369 e. The number of amides is 2. The Bertz CT molecular complexity index is 1200. The first-order valence-corrected chi connectivity index (χ1v) is 11.1. The molecule has 0 radical (unpaired) electrons. The molecule has 1 aromatic carbocycles. The van der Waals surface area contributed by atoms with Crippen molar-refractivity contribution in [2.45, 2.75) is 50.9 Å². The van der Waals surface area contributed by atoms with E-state index in [9.17, 15) is 14.4 Å². The van der Waals surface area contributed by atoms with Crippen LogP contribution in [0.2, 0.25) is 0 Å². The summed E-state index contributed by atoms with van der Waals surface area (Å²) < 4.78 is 1.27. The molecule has 32 heavy (non-hydrogen) atoms. The highest BCUT2D eigenvalue weighted by atomic mass is 16.2. The third-order valence-corrected chi connectivity index (χ3v) is 6.26. The van der Waals surface area contributed by atoms with Crippen molar-refractivity contribution < 1.29 is 9.59 Å². The molecule has 0 atom stereocenters. The van der Waals surface area contributed by atoms with Crippen molar-refractivity contribution in [2.24, 2.45) is 5.73 Å². The number of aromatic nitrogens is 3. The predicted molar refractivity (Wildman–Crippen MR) is 122 cm³/mol. The van der Waals surface area contributed by atoms with Crippen LogP contribution in [-0.4, -0.2) is 45.4 Å². The number of nitrogens with two attached hydrogens (primary N) is 1. The second-order valence-electron chi connectivity index (χ2n) is 8.77. The topological polar surface area (TPSA) is 114 Å². The van der Waals surface area contributed by atoms with Crippen molar-refractivity contribution in [3.05, 3.63) is 57.5 Å². The van der Waals surface area contributed by atoms with Crippen molar-refractivity contribution in [1.29, 1.82) is 0 Å². The minimum absolute atomic E-state index is 0.0177. The van der Waals surface area contributed by atoms with Gasteiger partial charge in [-0.25, -0.2) is 9.50 Å². The Labute approximate surface area is 186 Å². The van der Waals surface area contributed by atoms with Crippen LogP contribution in [0.5, 0.6) is 0 Å². The van der Waals surface area contributed by atoms with Gasteiger partial charge in [0.1, 0.15) is 0 Å². The largest absolute Gasteiger partial charge is 0.369 e. The van der Waals surface area contributed by atoms with Crippen LogP contribution < -0.4 is 11.3 Å². The highest BCUT2D eigenvalue weighted by Crippen LogP contribution is 2.33. The van der Waals surface area contributed by atoms with E-state index in [0.29, 0.717) is 28.5 Å². The lowest BCUT2D eigenvalue weighted by Gasteiger charge is -2.22. The van der Waals surface area contributed by atoms with Gasteiger partial charge in [0.2, 0.25) is 11.8 Å². The molecule has 0 aliphatic heterocycles. The summed E-state index contributed by atoms with van der Waals surface area (Å²) in [5, 5.41) is 2.94. The Kier molecular flexibility index (Phi) is 6.12. The number of carbonyl (C=O) groups excluding carboxylic acids is 2. The quantitative estimate of drug-likeness (QED) is 0.619. The number of aromatic amines is 1.